The molecule has 1 rings (SSSR count). The van der Waals surface area contributed by atoms with E-state index in [1.54, 1.807) is 7.11 Å². The van der Waals surface area contributed by atoms with E-state index in [0.717, 1.165) is 22.2 Å². The summed E-state index contributed by atoms with van der Waals surface area (Å²) < 4.78 is 5.19. The first-order valence-corrected chi connectivity index (χ1v) is 5.25. The van der Waals surface area contributed by atoms with Crippen molar-refractivity contribution < 1.29 is 4.74 Å². The second-order valence-corrected chi connectivity index (χ2v) is 3.24. The lowest BCUT2D eigenvalue weighted by molar-refractivity contribution is 0.411. The number of hydrogen-bond acceptors (Lipinski definition) is 1. The highest BCUT2D eigenvalue weighted by Gasteiger charge is 2.01. The number of methoxy groups -OCH3 is 1. The molecule has 1 aromatic carbocycles. The van der Waals surface area contributed by atoms with E-state index >= 15 is 0 Å². The predicted octanol–water partition coefficient (Wildman–Crippen LogP) is 3.33. The van der Waals surface area contributed by atoms with Crippen LogP contribution in [-0.2, 0) is 11.2 Å². The molecule has 0 unspecified atom stereocenters. The topological polar surface area (TPSA) is 9.23 Å². The van der Waals surface area contributed by atoms with Crippen LogP contribution in [0.15, 0.2) is 18.2 Å². The lowest BCUT2D eigenvalue weighted by Crippen LogP contribution is -1.90. The Balaban J connectivity index is 3.02. The van der Waals surface area contributed by atoms with E-state index in [9.17, 15) is 0 Å². The van der Waals surface area contributed by atoms with E-state index in [2.05, 4.69) is 15.9 Å². The highest BCUT2D eigenvalue weighted by Crippen LogP contribution is 2.23. The number of rotatable bonds is 3. The fourth-order valence-electron chi connectivity index (χ4n) is 0.982. The normalized spacial score (nSPS) is 9.92. The maximum Gasteiger partial charge on any atom is 0.123 e. The maximum atomic E-state index is 5.68. The van der Waals surface area contributed by atoms with Gasteiger partial charge in [0, 0.05) is 16.8 Å². The first kappa shape index (κ1) is 9.87. The molecular formula is C9H10BrClO. The van der Waals surface area contributed by atoms with Gasteiger partial charge in [0.2, 0.25) is 0 Å². The second-order valence-electron chi connectivity index (χ2n) is 2.41. The van der Waals surface area contributed by atoms with Crippen molar-refractivity contribution in [3.63, 3.8) is 0 Å². The van der Waals surface area contributed by atoms with Crippen molar-refractivity contribution in [2.24, 2.45) is 0 Å². The van der Waals surface area contributed by atoms with Crippen molar-refractivity contribution in [1.29, 1.82) is 0 Å². The molecule has 3 heteroatoms. The second kappa shape index (κ2) is 4.73. The van der Waals surface area contributed by atoms with Crippen LogP contribution in [0.5, 0.6) is 5.75 Å². The Morgan fingerprint density at radius 1 is 1.50 bits per heavy atom. The number of benzene rings is 1. The Bertz CT molecular complexity index is 263. The molecule has 0 aromatic heterocycles. The Hall–Kier alpha value is -0.210. The molecule has 1 nitrogen and oxygen atoms in total. The summed E-state index contributed by atoms with van der Waals surface area (Å²) in [6.45, 7) is 0. The SMILES string of the molecule is COc1cc(CCl)ccc1CBr. The van der Waals surface area contributed by atoms with Crippen LogP contribution in [0.1, 0.15) is 11.1 Å². The van der Waals surface area contributed by atoms with Gasteiger partial charge in [0.1, 0.15) is 5.75 Å². The summed E-state index contributed by atoms with van der Waals surface area (Å²) in [6.07, 6.45) is 0. The number of alkyl halides is 2. The third kappa shape index (κ3) is 2.14. The van der Waals surface area contributed by atoms with E-state index in [4.69, 9.17) is 16.3 Å². The smallest absolute Gasteiger partial charge is 0.123 e. The third-order valence-corrected chi connectivity index (χ3v) is 2.56. The van der Waals surface area contributed by atoms with Gasteiger partial charge in [0.15, 0.2) is 0 Å². The molecule has 0 aliphatic carbocycles. The van der Waals surface area contributed by atoms with Crippen LogP contribution in [0.3, 0.4) is 0 Å². The summed E-state index contributed by atoms with van der Waals surface area (Å²) in [5.41, 5.74) is 2.23. The zero-order valence-corrected chi connectivity index (χ0v) is 9.15. The largest absolute Gasteiger partial charge is 0.496 e. The minimum atomic E-state index is 0.527. The zero-order chi connectivity index (χ0) is 8.97. The summed E-state index contributed by atoms with van der Waals surface area (Å²) in [6, 6.07) is 5.99. The Morgan fingerprint density at radius 2 is 2.25 bits per heavy atom. The van der Waals surface area contributed by atoms with E-state index < -0.39 is 0 Å². The fourth-order valence-corrected chi connectivity index (χ4v) is 1.61. The molecule has 0 fully saturated rings. The molecule has 0 aliphatic rings. The van der Waals surface area contributed by atoms with E-state index in [-0.39, 0.29) is 0 Å². The molecular weight excluding hydrogens is 239 g/mol. The molecule has 0 amide bonds. The van der Waals surface area contributed by atoms with Crippen LogP contribution >= 0.6 is 27.5 Å². The summed E-state index contributed by atoms with van der Waals surface area (Å²) in [7, 11) is 1.67. The van der Waals surface area contributed by atoms with Crippen molar-refractivity contribution in [2.45, 2.75) is 11.2 Å². The number of ether oxygens (including phenoxy) is 1. The van der Waals surface area contributed by atoms with E-state index in [1.165, 1.54) is 0 Å². The predicted molar refractivity (Wildman–Crippen MR) is 55.2 cm³/mol. The zero-order valence-electron chi connectivity index (χ0n) is 6.81. The molecule has 0 atom stereocenters. The Morgan fingerprint density at radius 3 is 2.75 bits per heavy atom. The van der Waals surface area contributed by atoms with E-state index in [0.29, 0.717) is 5.88 Å². The maximum absolute atomic E-state index is 5.68. The first-order valence-electron chi connectivity index (χ1n) is 3.59. The molecule has 0 radical (unpaired) electrons. The molecule has 0 bridgehead atoms. The molecule has 0 heterocycles. The molecule has 0 spiro atoms. The van der Waals surface area contributed by atoms with Gasteiger partial charge < -0.3 is 4.74 Å². The highest BCUT2D eigenvalue weighted by atomic mass is 79.9. The van der Waals surface area contributed by atoms with Gasteiger partial charge in [-0.2, -0.15) is 0 Å². The van der Waals surface area contributed by atoms with Crippen molar-refractivity contribution >= 4 is 27.5 Å². The molecule has 12 heavy (non-hydrogen) atoms. The lowest BCUT2D eigenvalue weighted by atomic mass is 10.1. The van der Waals surface area contributed by atoms with Crippen LogP contribution in [0.4, 0.5) is 0 Å². The fraction of sp³-hybridized carbons (Fsp3) is 0.333. The van der Waals surface area contributed by atoms with Gasteiger partial charge in [-0.3, -0.25) is 0 Å². The minimum absolute atomic E-state index is 0.527. The first-order chi connectivity index (χ1) is 5.81. The van der Waals surface area contributed by atoms with Gasteiger partial charge in [-0.1, -0.05) is 28.1 Å². The Kier molecular flexibility index (Phi) is 3.89. The van der Waals surface area contributed by atoms with Gasteiger partial charge in [0.05, 0.1) is 7.11 Å². The van der Waals surface area contributed by atoms with Gasteiger partial charge in [-0.25, -0.2) is 0 Å². The average Bonchev–Trinajstić information content (AvgIpc) is 2.16. The van der Waals surface area contributed by atoms with Gasteiger partial charge in [-0.15, -0.1) is 11.6 Å². The minimum Gasteiger partial charge on any atom is -0.496 e. The number of hydrogen-bond donors (Lipinski definition) is 0. The number of halogens is 2. The van der Waals surface area contributed by atoms with Gasteiger partial charge in [0.25, 0.3) is 0 Å². The molecule has 0 saturated carbocycles. The van der Waals surface area contributed by atoms with Crippen LogP contribution in [-0.4, -0.2) is 7.11 Å². The average molecular weight is 250 g/mol. The summed E-state index contributed by atoms with van der Waals surface area (Å²) in [4.78, 5) is 0. The van der Waals surface area contributed by atoms with Gasteiger partial charge in [-0.05, 0) is 11.6 Å². The van der Waals surface area contributed by atoms with Crippen LogP contribution in [0.25, 0.3) is 0 Å². The van der Waals surface area contributed by atoms with E-state index in [1.807, 2.05) is 18.2 Å². The summed E-state index contributed by atoms with van der Waals surface area (Å²) >= 11 is 9.07. The molecule has 1 aromatic rings. The van der Waals surface area contributed by atoms with Crippen molar-refractivity contribution in [1.82, 2.24) is 0 Å². The van der Waals surface area contributed by atoms with Crippen LogP contribution in [0.2, 0.25) is 0 Å². The third-order valence-electron chi connectivity index (χ3n) is 1.65. The molecule has 66 valence electrons. The van der Waals surface area contributed by atoms with Crippen molar-refractivity contribution in [3.8, 4) is 5.75 Å². The van der Waals surface area contributed by atoms with Crippen molar-refractivity contribution in [2.75, 3.05) is 7.11 Å². The van der Waals surface area contributed by atoms with Crippen LogP contribution < -0.4 is 4.74 Å². The monoisotopic (exact) mass is 248 g/mol. The summed E-state index contributed by atoms with van der Waals surface area (Å²) in [5, 5.41) is 0.804. The molecule has 0 saturated heterocycles. The van der Waals surface area contributed by atoms with Gasteiger partial charge >= 0.3 is 0 Å². The highest BCUT2D eigenvalue weighted by molar-refractivity contribution is 9.08. The quantitative estimate of drug-likeness (QED) is 0.747. The molecule has 0 N–H and O–H groups in total. The standard InChI is InChI=1S/C9H10BrClO/c1-12-9-4-7(6-11)2-3-8(9)5-10/h2-4H,5-6H2,1H3. The molecule has 0 aliphatic heterocycles. The van der Waals surface area contributed by atoms with Crippen LogP contribution in [0, 0.1) is 0 Å². The Labute approximate surface area is 85.8 Å². The lowest BCUT2D eigenvalue weighted by Gasteiger charge is -2.06. The van der Waals surface area contributed by atoms with Crippen molar-refractivity contribution in [3.05, 3.63) is 29.3 Å². The summed E-state index contributed by atoms with van der Waals surface area (Å²) in [5.74, 6) is 1.42.